The highest BCUT2D eigenvalue weighted by atomic mass is 16.4. The van der Waals surface area contributed by atoms with Gasteiger partial charge >= 0.3 is 5.97 Å². The number of carbonyl (C=O) groups is 1. The maximum Gasteiger partial charge on any atom is 0.339 e. The van der Waals surface area contributed by atoms with Crippen LogP contribution in [0.25, 0.3) is 0 Å². The van der Waals surface area contributed by atoms with Crippen molar-refractivity contribution in [3.05, 3.63) is 28.8 Å². The van der Waals surface area contributed by atoms with Gasteiger partial charge in [-0.2, -0.15) is 0 Å². The Morgan fingerprint density at radius 3 is 2.50 bits per heavy atom. The van der Waals surface area contributed by atoms with E-state index in [9.17, 15) is 9.90 Å². The number of phenols is 1. The van der Waals surface area contributed by atoms with Gasteiger partial charge in [-0.25, -0.2) is 4.79 Å². The summed E-state index contributed by atoms with van der Waals surface area (Å²) in [5.74, 6) is -1.38. The number of hydrogen-bond acceptors (Lipinski definition) is 3. The van der Waals surface area contributed by atoms with Crippen LogP contribution in [-0.4, -0.2) is 16.2 Å². The fraction of sp³-hybridized carbons (Fsp3) is 0.300. The van der Waals surface area contributed by atoms with Crippen LogP contribution in [0.15, 0.2) is 12.1 Å². The zero-order valence-electron chi connectivity index (χ0n) is 8.11. The molecule has 0 aliphatic heterocycles. The molecule has 14 heavy (non-hydrogen) atoms. The first-order valence-corrected chi connectivity index (χ1v) is 4.26. The molecule has 4 N–H and O–H groups in total. The Bertz CT molecular complexity index is 372. The van der Waals surface area contributed by atoms with E-state index in [1.165, 1.54) is 6.07 Å². The molecular formula is C10H13NO3. The van der Waals surface area contributed by atoms with Crippen LogP contribution in [0.4, 0.5) is 0 Å². The Labute approximate surface area is 82.0 Å². The van der Waals surface area contributed by atoms with Crippen molar-refractivity contribution in [2.45, 2.75) is 19.9 Å². The fourth-order valence-electron chi connectivity index (χ4n) is 1.46. The van der Waals surface area contributed by atoms with Gasteiger partial charge in [0.05, 0.1) is 0 Å². The molecule has 1 atom stereocenters. The van der Waals surface area contributed by atoms with Gasteiger partial charge in [-0.3, -0.25) is 0 Å². The second-order valence-corrected chi connectivity index (χ2v) is 3.29. The molecule has 0 aliphatic carbocycles. The van der Waals surface area contributed by atoms with E-state index >= 15 is 0 Å². The molecule has 1 aromatic carbocycles. The average molecular weight is 195 g/mol. The summed E-state index contributed by atoms with van der Waals surface area (Å²) in [6.45, 7) is 3.48. The predicted molar refractivity (Wildman–Crippen MR) is 52.4 cm³/mol. The first kappa shape index (κ1) is 10.5. The standard InChI is InChI=1S/C10H13NO3/c1-5-3-4-7(10(13)14)9(12)8(5)6(2)11/h3-4,6,12H,11H2,1-2H3,(H,13,14)/t6-/m1/s1. The first-order valence-electron chi connectivity index (χ1n) is 4.26. The van der Waals surface area contributed by atoms with E-state index in [0.29, 0.717) is 5.56 Å². The molecule has 0 spiro atoms. The number of aromatic hydroxyl groups is 1. The van der Waals surface area contributed by atoms with Gasteiger partial charge in [0.15, 0.2) is 0 Å². The molecule has 0 fully saturated rings. The van der Waals surface area contributed by atoms with Crippen LogP contribution in [0.2, 0.25) is 0 Å². The van der Waals surface area contributed by atoms with Crippen molar-refractivity contribution in [3.8, 4) is 5.75 Å². The summed E-state index contributed by atoms with van der Waals surface area (Å²) >= 11 is 0. The van der Waals surface area contributed by atoms with Crippen LogP contribution in [0.5, 0.6) is 5.75 Å². The highest BCUT2D eigenvalue weighted by Crippen LogP contribution is 2.29. The fourth-order valence-corrected chi connectivity index (χ4v) is 1.46. The van der Waals surface area contributed by atoms with Crippen molar-refractivity contribution < 1.29 is 15.0 Å². The normalized spacial score (nSPS) is 12.5. The SMILES string of the molecule is Cc1ccc(C(=O)O)c(O)c1[C@@H](C)N. The average Bonchev–Trinajstić information content (AvgIpc) is 2.02. The molecule has 4 heteroatoms. The Morgan fingerprint density at radius 1 is 1.50 bits per heavy atom. The van der Waals surface area contributed by atoms with E-state index in [0.717, 1.165) is 5.56 Å². The van der Waals surface area contributed by atoms with Crippen LogP contribution in [0, 0.1) is 6.92 Å². The second kappa shape index (κ2) is 3.67. The lowest BCUT2D eigenvalue weighted by atomic mass is 9.98. The maximum atomic E-state index is 10.7. The summed E-state index contributed by atoms with van der Waals surface area (Å²) in [6.07, 6.45) is 0. The highest BCUT2D eigenvalue weighted by molar-refractivity contribution is 5.91. The zero-order chi connectivity index (χ0) is 10.9. The number of aryl methyl sites for hydroxylation is 1. The minimum Gasteiger partial charge on any atom is -0.507 e. The van der Waals surface area contributed by atoms with Gasteiger partial charge in [-0.15, -0.1) is 0 Å². The van der Waals surface area contributed by atoms with Gasteiger partial charge in [0, 0.05) is 11.6 Å². The van der Waals surface area contributed by atoms with Crippen molar-refractivity contribution in [2.75, 3.05) is 0 Å². The molecule has 0 aliphatic rings. The maximum absolute atomic E-state index is 10.7. The topological polar surface area (TPSA) is 83.5 Å². The minimum atomic E-state index is -1.15. The molecule has 0 amide bonds. The predicted octanol–water partition coefficient (Wildman–Crippen LogP) is 1.42. The lowest BCUT2D eigenvalue weighted by molar-refractivity contribution is 0.0693. The van der Waals surface area contributed by atoms with E-state index in [1.54, 1.807) is 19.9 Å². The third-order valence-corrected chi connectivity index (χ3v) is 2.12. The molecule has 0 bridgehead atoms. The third kappa shape index (κ3) is 1.70. The monoisotopic (exact) mass is 195 g/mol. The smallest absolute Gasteiger partial charge is 0.339 e. The van der Waals surface area contributed by atoms with Crippen molar-refractivity contribution in [1.82, 2.24) is 0 Å². The van der Waals surface area contributed by atoms with E-state index in [-0.39, 0.29) is 17.4 Å². The quantitative estimate of drug-likeness (QED) is 0.666. The number of rotatable bonds is 2. The Balaban J connectivity index is 3.41. The van der Waals surface area contributed by atoms with Crippen molar-refractivity contribution in [1.29, 1.82) is 0 Å². The second-order valence-electron chi connectivity index (χ2n) is 3.29. The van der Waals surface area contributed by atoms with Gasteiger partial charge < -0.3 is 15.9 Å². The van der Waals surface area contributed by atoms with Crippen LogP contribution in [0.3, 0.4) is 0 Å². The molecule has 4 nitrogen and oxygen atoms in total. The van der Waals surface area contributed by atoms with Gasteiger partial charge in [0.25, 0.3) is 0 Å². The summed E-state index contributed by atoms with van der Waals surface area (Å²) in [4.78, 5) is 10.7. The lowest BCUT2D eigenvalue weighted by Gasteiger charge is -2.13. The molecule has 0 saturated carbocycles. The largest absolute Gasteiger partial charge is 0.507 e. The summed E-state index contributed by atoms with van der Waals surface area (Å²) in [5.41, 5.74) is 6.81. The molecule has 0 heterocycles. The Morgan fingerprint density at radius 2 is 2.07 bits per heavy atom. The first-order chi connectivity index (χ1) is 6.45. The molecule has 0 aromatic heterocycles. The van der Waals surface area contributed by atoms with Crippen molar-refractivity contribution in [3.63, 3.8) is 0 Å². The molecule has 0 radical (unpaired) electrons. The molecule has 1 aromatic rings. The molecular weight excluding hydrogens is 182 g/mol. The third-order valence-electron chi connectivity index (χ3n) is 2.12. The summed E-state index contributed by atoms with van der Waals surface area (Å²) in [7, 11) is 0. The van der Waals surface area contributed by atoms with Crippen LogP contribution < -0.4 is 5.73 Å². The van der Waals surface area contributed by atoms with Crippen molar-refractivity contribution in [2.24, 2.45) is 5.73 Å². The Kier molecular flexibility index (Phi) is 2.76. The van der Waals surface area contributed by atoms with Crippen LogP contribution in [0.1, 0.15) is 34.5 Å². The van der Waals surface area contributed by atoms with Gasteiger partial charge in [0.2, 0.25) is 0 Å². The summed E-state index contributed by atoms with van der Waals surface area (Å²) in [6, 6.07) is 2.63. The zero-order valence-corrected chi connectivity index (χ0v) is 8.11. The van der Waals surface area contributed by atoms with Crippen LogP contribution in [-0.2, 0) is 0 Å². The number of aromatic carboxylic acids is 1. The molecule has 1 rings (SSSR count). The number of carboxylic acids is 1. The summed E-state index contributed by atoms with van der Waals surface area (Å²) in [5, 5.41) is 18.4. The van der Waals surface area contributed by atoms with Gasteiger partial charge in [-0.05, 0) is 25.5 Å². The number of carboxylic acid groups (broad SMARTS) is 1. The number of benzene rings is 1. The van der Waals surface area contributed by atoms with Gasteiger partial charge in [0.1, 0.15) is 11.3 Å². The lowest BCUT2D eigenvalue weighted by Crippen LogP contribution is -2.09. The van der Waals surface area contributed by atoms with E-state index in [2.05, 4.69) is 0 Å². The number of nitrogens with two attached hydrogens (primary N) is 1. The molecule has 76 valence electrons. The van der Waals surface area contributed by atoms with Gasteiger partial charge in [-0.1, -0.05) is 6.07 Å². The van der Waals surface area contributed by atoms with E-state index in [1.807, 2.05) is 0 Å². The van der Waals surface area contributed by atoms with Crippen LogP contribution >= 0.6 is 0 Å². The minimum absolute atomic E-state index is 0.108. The van der Waals surface area contributed by atoms with Crippen molar-refractivity contribution >= 4 is 5.97 Å². The summed E-state index contributed by atoms with van der Waals surface area (Å²) < 4.78 is 0. The highest BCUT2D eigenvalue weighted by Gasteiger charge is 2.17. The number of hydrogen-bond donors (Lipinski definition) is 3. The molecule has 0 unspecified atom stereocenters. The Hall–Kier alpha value is -1.55. The van der Waals surface area contributed by atoms with E-state index < -0.39 is 5.97 Å². The van der Waals surface area contributed by atoms with E-state index in [4.69, 9.17) is 10.8 Å². The molecule has 0 saturated heterocycles.